The molecule has 0 saturated carbocycles. The van der Waals surface area contributed by atoms with Crippen LogP contribution in [0.3, 0.4) is 0 Å². The van der Waals surface area contributed by atoms with Gasteiger partial charge in [-0.3, -0.25) is 4.79 Å². The summed E-state index contributed by atoms with van der Waals surface area (Å²) in [5, 5.41) is 10.9. The highest BCUT2D eigenvalue weighted by atomic mass is 79.9. The summed E-state index contributed by atoms with van der Waals surface area (Å²) < 4.78 is 0.920. The Labute approximate surface area is 101 Å². The standard InChI is InChI=1S/C11H10BrNO3/c1-7-6-8(12)2-3-9(7)13-10(14)4-5-11(15)16/h2-6H,1H3,(H,13,14)(H,15,16)/b5-4+. The molecule has 0 aliphatic heterocycles. The monoisotopic (exact) mass is 283 g/mol. The number of carbonyl (C=O) groups is 2. The molecule has 84 valence electrons. The van der Waals surface area contributed by atoms with Gasteiger partial charge in [0.15, 0.2) is 0 Å². The fraction of sp³-hybridized carbons (Fsp3) is 0.0909. The van der Waals surface area contributed by atoms with Gasteiger partial charge in [-0.2, -0.15) is 0 Å². The molecule has 0 fully saturated rings. The Hall–Kier alpha value is -1.62. The molecule has 0 heterocycles. The molecule has 1 aromatic rings. The predicted molar refractivity (Wildman–Crippen MR) is 64.3 cm³/mol. The maximum atomic E-state index is 11.3. The summed E-state index contributed by atoms with van der Waals surface area (Å²) in [7, 11) is 0. The van der Waals surface area contributed by atoms with Crippen molar-refractivity contribution in [1.82, 2.24) is 0 Å². The van der Waals surface area contributed by atoms with Gasteiger partial charge in [-0.05, 0) is 30.7 Å². The van der Waals surface area contributed by atoms with Crippen LogP contribution in [0.1, 0.15) is 5.56 Å². The first-order valence-corrected chi connectivity index (χ1v) is 5.26. The lowest BCUT2D eigenvalue weighted by molar-refractivity contribution is -0.131. The van der Waals surface area contributed by atoms with E-state index in [0.29, 0.717) is 5.69 Å². The Bertz CT molecular complexity index is 455. The normalized spacial score (nSPS) is 10.4. The van der Waals surface area contributed by atoms with Gasteiger partial charge in [-0.25, -0.2) is 4.79 Å². The van der Waals surface area contributed by atoms with Crippen LogP contribution in [0.15, 0.2) is 34.8 Å². The molecule has 5 heteroatoms. The molecule has 0 aliphatic rings. The molecule has 4 nitrogen and oxygen atoms in total. The number of carbonyl (C=O) groups excluding carboxylic acids is 1. The van der Waals surface area contributed by atoms with Crippen molar-refractivity contribution in [3.05, 3.63) is 40.4 Å². The summed E-state index contributed by atoms with van der Waals surface area (Å²) in [5.41, 5.74) is 1.55. The van der Waals surface area contributed by atoms with Crippen LogP contribution in [0.25, 0.3) is 0 Å². The number of amides is 1. The topological polar surface area (TPSA) is 66.4 Å². The summed E-state index contributed by atoms with van der Waals surface area (Å²) in [6.45, 7) is 1.85. The van der Waals surface area contributed by atoms with Gasteiger partial charge in [0, 0.05) is 22.3 Å². The number of nitrogens with one attached hydrogen (secondary N) is 1. The van der Waals surface area contributed by atoms with Gasteiger partial charge in [-0.1, -0.05) is 15.9 Å². The maximum absolute atomic E-state index is 11.3. The van der Waals surface area contributed by atoms with Crippen LogP contribution in [0.4, 0.5) is 5.69 Å². The first kappa shape index (κ1) is 12.4. The molecule has 0 aromatic heterocycles. The molecule has 1 amide bonds. The second-order valence-electron chi connectivity index (χ2n) is 3.12. The zero-order valence-corrected chi connectivity index (χ0v) is 10.1. The molecule has 0 spiro atoms. The van der Waals surface area contributed by atoms with Crippen molar-refractivity contribution in [2.24, 2.45) is 0 Å². The molecule has 0 aliphatic carbocycles. The van der Waals surface area contributed by atoms with Crippen molar-refractivity contribution >= 4 is 33.5 Å². The number of anilines is 1. The number of carboxylic acids is 1. The highest BCUT2D eigenvalue weighted by Gasteiger charge is 2.02. The van der Waals surface area contributed by atoms with E-state index < -0.39 is 11.9 Å². The van der Waals surface area contributed by atoms with Gasteiger partial charge in [0.05, 0.1) is 0 Å². The van der Waals surface area contributed by atoms with Crippen molar-refractivity contribution in [3.8, 4) is 0 Å². The quantitative estimate of drug-likeness (QED) is 0.837. The predicted octanol–water partition coefficient (Wildman–Crippen LogP) is 2.34. The molecule has 2 N–H and O–H groups in total. The lowest BCUT2D eigenvalue weighted by atomic mass is 10.2. The molecule has 0 unspecified atom stereocenters. The first-order chi connectivity index (χ1) is 7.49. The SMILES string of the molecule is Cc1cc(Br)ccc1NC(=O)/C=C/C(=O)O. The minimum Gasteiger partial charge on any atom is -0.478 e. The van der Waals surface area contributed by atoms with Crippen molar-refractivity contribution < 1.29 is 14.7 Å². The molecule has 0 saturated heterocycles. The molecular formula is C11H10BrNO3. The average molecular weight is 284 g/mol. The van der Waals surface area contributed by atoms with Crippen LogP contribution in [0.5, 0.6) is 0 Å². The van der Waals surface area contributed by atoms with E-state index in [-0.39, 0.29) is 0 Å². The Balaban J connectivity index is 2.73. The molecule has 1 rings (SSSR count). The molecule has 16 heavy (non-hydrogen) atoms. The zero-order valence-electron chi connectivity index (χ0n) is 8.53. The lowest BCUT2D eigenvalue weighted by Crippen LogP contribution is -2.09. The summed E-state index contributed by atoms with van der Waals surface area (Å²) in [6, 6.07) is 5.39. The van der Waals surface area contributed by atoms with Crippen molar-refractivity contribution in [2.45, 2.75) is 6.92 Å². The van der Waals surface area contributed by atoms with Gasteiger partial charge >= 0.3 is 5.97 Å². The third-order valence-electron chi connectivity index (χ3n) is 1.82. The molecule has 0 atom stereocenters. The number of hydrogen-bond acceptors (Lipinski definition) is 2. The number of benzene rings is 1. The van der Waals surface area contributed by atoms with E-state index >= 15 is 0 Å². The molecule has 1 aromatic carbocycles. The smallest absolute Gasteiger partial charge is 0.328 e. The Morgan fingerprint density at radius 1 is 1.38 bits per heavy atom. The highest BCUT2D eigenvalue weighted by molar-refractivity contribution is 9.10. The summed E-state index contributed by atoms with van der Waals surface area (Å²) in [6.07, 6.45) is 1.77. The van der Waals surface area contributed by atoms with Crippen LogP contribution >= 0.6 is 15.9 Å². The van der Waals surface area contributed by atoms with Gasteiger partial charge in [0.1, 0.15) is 0 Å². The van der Waals surface area contributed by atoms with Crippen LogP contribution < -0.4 is 5.32 Å². The Morgan fingerprint density at radius 2 is 2.06 bits per heavy atom. The van der Waals surface area contributed by atoms with E-state index in [9.17, 15) is 9.59 Å². The zero-order chi connectivity index (χ0) is 12.1. The number of hydrogen-bond donors (Lipinski definition) is 2. The average Bonchev–Trinajstić information content (AvgIpc) is 2.19. The molecule has 0 bridgehead atoms. The number of rotatable bonds is 3. The van der Waals surface area contributed by atoms with Crippen LogP contribution in [0.2, 0.25) is 0 Å². The second-order valence-corrected chi connectivity index (χ2v) is 4.04. The molecule has 0 radical (unpaired) electrons. The number of halogens is 1. The summed E-state index contributed by atoms with van der Waals surface area (Å²) in [5.74, 6) is -1.62. The van der Waals surface area contributed by atoms with Crippen molar-refractivity contribution in [2.75, 3.05) is 5.32 Å². The van der Waals surface area contributed by atoms with Gasteiger partial charge in [0.25, 0.3) is 0 Å². The van der Waals surface area contributed by atoms with Gasteiger partial charge in [-0.15, -0.1) is 0 Å². The van der Waals surface area contributed by atoms with Crippen LogP contribution in [-0.4, -0.2) is 17.0 Å². The summed E-state index contributed by atoms with van der Waals surface area (Å²) in [4.78, 5) is 21.5. The van der Waals surface area contributed by atoms with E-state index in [1.54, 1.807) is 12.1 Å². The minimum atomic E-state index is -1.15. The van der Waals surface area contributed by atoms with Crippen LogP contribution in [0, 0.1) is 6.92 Å². The fourth-order valence-electron chi connectivity index (χ4n) is 1.09. The largest absolute Gasteiger partial charge is 0.478 e. The number of aliphatic carboxylic acids is 1. The third kappa shape index (κ3) is 3.86. The van der Waals surface area contributed by atoms with E-state index in [1.165, 1.54) is 0 Å². The number of carboxylic acid groups (broad SMARTS) is 1. The van der Waals surface area contributed by atoms with Gasteiger partial charge in [0.2, 0.25) is 5.91 Å². The number of aryl methyl sites for hydroxylation is 1. The maximum Gasteiger partial charge on any atom is 0.328 e. The third-order valence-corrected chi connectivity index (χ3v) is 2.32. The Kier molecular flexibility index (Phi) is 4.25. The van der Waals surface area contributed by atoms with Crippen molar-refractivity contribution in [1.29, 1.82) is 0 Å². The van der Waals surface area contributed by atoms with Crippen LogP contribution in [-0.2, 0) is 9.59 Å². The fourth-order valence-corrected chi connectivity index (χ4v) is 1.56. The minimum absolute atomic E-state index is 0.465. The van der Waals surface area contributed by atoms with E-state index in [1.807, 2.05) is 13.0 Å². The molecular weight excluding hydrogens is 274 g/mol. The summed E-state index contributed by atoms with van der Waals surface area (Å²) >= 11 is 3.31. The van der Waals surface area contributed by atoms with E-state index in [4.69, 9.17) is 5.11 Å². The van der Waals surface area contributed by atoms with E-state index in [2.05, 4.69) is 21.2 Å². The first-order valence-electron chi connectivity index (χ1n) is 4.47. The van der Waals surface area contributed by atoms with Gasteiger partial charge < -0.3 is 10.4 Å². The Morgan fingerprint density at radius 3 is 2.62 bits per heavy atom. The highest BCUT2D eigenvalue weighted by Crippen LogP contribution is 2.19. The van der Waals surface area contributed by atoms with E-state index in [0.717, 1.165) is 22.2 Å². The lowest BCUT2D eigenvalue weighted by Gasteiger charge is -2.06. The second kappa shape index (κ2) is 5.46. The van der Waals surface area contributed by atoms with Crippen molar-refractivity contribution in [3.63, 3.8) is 0 Å².